The fourth-order valence-electron chi connectivity index (χ4n) is 3.31. The Morgan fingerprint density at radius 3 is 1.94 bits per heavy atom. The maximum absolute atomic E-state index is 13.0. The van der Waals surface area contributed by atoms with Crippen LogP contribution < -0.4 is 15.2 Å². The minimum absolute atomic E-state index is 0.140. The van der Waals surface area contributed by atoms with Crippen molar-refractivity contribution >= 4 is 0 Å². The monoisotopic (exact) mass is 429 g/mol. The maximum Gasteiger partial charge on any atom is 0.337 e. The Morgan fingerprint density at radius 2 is 1.38 bits per heavy atom. The average molecular weight is 430 g/mol. The van der Waals surface area contributed by atoms with Gasteiger partial charge in [0.05, 0.1) is 11.4 Å². The molecule has 0 unspecified atom stereocenters. The number of likely N-dealkylation sites (N-methyl/N-ethyl adjacent to an activating group) is 1. The molecule has 0 saturated carbocycles. The van der Waals surface area contributed by atoms with E-state index in [1.165, 1.54) is 0 Å². The van der Waals surface area contributed by atoms with Crippen LogP contribution in [0.25, 0.3) is 11.4 Å². The van der Waals surface area contributed by atoms with Gasteiger partial charge in [-0.1, -0.05) is 12.1 Å². The highest BCUT2D eigenvalue weighted by molar-refractivity contribution is 5.42. The van der Waals surface area contributed by atoms with E-state index in [4.69, 9.17) is 9.47 Å². The van der Waals surface area contributed by atoms with Crippen LogP contribution in [0.3, 0.4) is 0 Å². The summed E-state index contributed by atoms with van der Waals surface area (Å²) in [5, 5.41) is 0. The van der Waals surface area contributed by atoms with Crippen molar-refractivity contribution < 1.29 is 9.47 Å². The molecule has 0 radical (unpaired) electrons. The molecule has 32 heavy (non-hydrogen) atoms. The van der Waals surface area contributed by atoms with E-state index in [0.29, 0.717) is 6.61 Å². The van der Waals surface area contributed by atoms with Crippen LogP contribution in [0.4, 0.5) is 0 Å². The molecular weight excluding hydrogens is 402 g/mol. The highest BCUT2D eigenvalue weighted by Crippen LogP contribution is 2.23. The van der Waals surface area contributed by atoms with Crippen LogP contribution in [0.15, 0.2) is 90.0 Å². The summed E-state index contributed by atoms with van der Waals surface area (Å²) in [6, 6.07) is 22.9. The largest absolute Gasteiger partial charge is 0.492 e. The molecule has 4 rings (SSSR count). The van der Waals surface area contributed by atoms with Crippen LogP contribution in [-0.4, -0.2) is 41.3 Å². The van der Waals surface area contributed by atoms with Crippen molar-refractivity contribution in [3.63, 3.8) is 0 Å². The molecule has 4 aromatic rings. The first-order valence-corrected chi connectivity index (χ1v) is 10.5. The van der Waals surface area contributed by atoms with Crippen molar-refractivity contribution in [1.82, 2.24) is 14.0 Å². The number of benzene rings is 3. The Labute approximate surface area is 187 Å². The predicted octanol–water partition coefficient (Wildman–Crippen LogP) is 4.67. The summed E-state index contributed by atoms with van der Waals surface area (Å²) in [5.74, 6) is 2.29. The van der Waals surface area contributed by atoms with E-state index in [1.54, 1.807) is 21.5 Å². The third-order valence-electron chi connectivity index (χ3n) is 5.04. The molecule has 0 fully saturated rings. The summed E-state index contributed by atoms with van der Waals surface area (Å²) in [7, 11) is 4.02. The number of aromatic nitrogens is 2. The minimum atomic E-state index is -0.140. The maximum atomic E-state index is 13.0. The van der Waals surface area contributed by atoms with Gasteiger partial charge in [0.2, 0.25) is 0 Å². The number of rotatable bonds is 8. The summed E-state index contributed by atoms with van der Waals surface area (Å²) in [5.41, 5.74) is 2.56. The van der Waals surface area contributed by atoms with E-state index in [0.717, 1.165) is 40.7 Å². The lowest BCUT2D eigenvalue weighted by atomic mass is 10.2. The molecule has 1 aromatic heterocycles. The SMILES string of the molecule is Cc1cccc(Oc2ccc(-n3ccn(-c4ccc(OCCN(C)C)cc4)c3=O)cc2)c1. The highest BCUT2D eigenvalue weighted by atomic mass is 16.5. The van der Waals surface area contributed by atoms with Gasteiger partial charge in [0, 0.05) is 18.9 Å². The lowest BCUT2D eigenvalue weighted by Gasteiger charge is -2.11. The van der Waals surface area contributed by atoms with Gasteiger partial charge < -0.3 is 14.4 Å². The van der Waals surface area contributed by atoms with E-state index < -0.39 is 0 Å². The van der Waals surface area contributed by atoms with Crippen molar-refractivity contribution in [3.8, 4) is 28.6 Å². The first kappa shape index (κ1) is 21.5. The molecule has 3 aromatic carbocycles. The average Bonchev–Trinajstić information content (AvgIpc) is 3.16. The van der Waals surface area contributed by atoms with E-state index in [-0.39, 0.29) is 5.69 Å². The zero-order valence-corrected chi connectivity index (χ0v) is 18.6. The lowest BCUT2D eigenvalue weighted by molar-refractivity contribution is 0.261. The van der Waals surface area contributed by atoms with Crippen LogP contribution in [0.2, 0.25) is 0 Å². The number of aryl methyl sites for hydroxylation is 1. The van der Waals surface area contributed by atoms with Gasteiger partial charge in [-0.25, -0.2) is 4.79 Å². The fraction of sp³-hybridized carbons (Fsp3) is 0.192. The summed E-state index contributed by atoms with van der Waals surface area (Å²) >= 11 is 0. The smallest absolute Gasteiger partial charge is 0.337 e. The Balaban J connectivity index is 1.47. The Morgan fingerprint density at radius 1 is 0.781 bits per heavy atom. The molecule has 164 valence electrons. The van der Waals surface area contributed by atoms with Gasteiger partial charge in [0.15, 0.2) is 0 Å². The van der Waals surface area contributed by atoms with Crippen molar-refractivity contribution in [3.05, 3.63) is 101 Å². The third-order valence-corrected chi connectivity index (χ3v) is 5.04. The van der Waals surface area contributed by atoms with Gasteiger partial charge in [0.1, 0.15) is 23.9 Å². The molecular formula is C26H27N3O3. The van der Waals surface area contributed by atoms with Gasteiger partial charge in [-0.05, 0) is 87.2 Å². The van der Waals surface area contributed by atoms with Crippen LogP contribution >= 0.6 is 0 Å². The second kappa shape index (κ2) is 9.58. The lowest BCUT2D eigenvalue weighted by Crippen LogP contribution is -2.21. The second-order valence-corrected chi connectivity index (χ2v) is 7.88. The molecule has 0 aliphatic heterocycles. The summed E-state index contributed by atoms with van der Waals surface area (Å²) in [6.45, 7) is 3.49. The van der Waals surface area contributed by atoms with Gasteiger partial charge >= 0.3 is 5.69 Å². The van der Waals surface area contributed by atoms with Gasteiger partial charge in [-0.2, -0.15) is 0 Å². The summed E-state index contributed by atoms with van der Waals surface area (Å²) in [6.07, 6.45) is 3.53. The first-order valence-electron chi connectivity index (χ1n) is 10.5. The number of imidazole rings is 1. The number of ether oxygens (including phenoxy) is 2. The van der Waals surface area contributed by atoms with Crippen molar-refractivity contribution in [2.75, 3.05) is 27.2 Å². The molecule has 1 heterocycles. The number of hydrogen-bond donors (Lipinski definition) is 0. The zero-order valence-electron chi connectivity index (χ0n) is 18.6. The van der Waals surface area contributed by atoms with Crippen LogP contribution in [0, 0.1) is 6.92 Å². The topological polar surface area (TPSA) is 48.6 Å². The molecule has 0 saturated heterocycles. The Hall–Kier alpha value is -3.77. The number of nitrogens with zero attached hydrogens (tertiary/aromatic N) is 3. The first-order chi connectivity index (χ1) is 15.5. The van der Waals surface area contributed by atoms with Gasteiger partial charge in [0.25, 0.3) is 0 Å². The van der Waals surface area contributed by atoms with Gasteiger partial charge in [-0.15, -0.1) is 0 Å². The van der Waals surface area contributed by atoms with Crippen LogP contribution in [0.1, 0.15) is 5.56 Å². The molecule has 0 amide bonds. The van der Waals surface area contributed by atoms with E-state index >= 15 is 0 Å². The van der Waals surface area contributed by atoms with Crippen molar-refractivity contribution in [2.45, 2.75) is 6.92 Å². The molecule has 0 aliphatic carbocycles. The Kier molecular flexibility index (Phi) is 6.42. The molecule has 6 nitrogen and oxygen atoms in total. The molecule has 0 spiro atoms. The second-order valence-electron chi connectivity index (χ2n) is 7.88. The third kappa shape index (κ3) is 5.10. The van der Waals surface area contributed by atoms with Crippen molar-refractivity contribution in [2.24, 2.45) is 0 Å². The summed E-state index contributed by atoms with van der Waals surface area (Å²) in [4.78, 5) is 15.0. The number of hydrogen-bond acceptors (Lipinski definition) is 4. The van der Waals surface area contributed by atoms with E-state index in [9.17, 15) is 4.79 Å². The minimum Gasteiger partial charge on any atom is -0.492 e. The van der Waals surface area contributed by atoms with Crippen molar-refractivity contribution in [1.29, 1.82) is 0 Å². The molecule has 0 bridgehead atoms. The zero-order chi connectivity index (χ0) is 22.5. The quantitative estimate of drug-likeness (QED) is 0.408. The Bertz CT molecular complexity index is 1220. The standard InChI is InChI=1S/C26H27N3O3/c1-20-5-4-6-25(19-20)32-24-13-9-22(10-14-24)29-16-15-28(26(29)30)21-7-11-23(12-8-21)31-18-17-27(2)3/h4-16,19H,17-18H2,1-3H3. The van der Waals surface area contributed by atoms with Crippen LogP contribution in [0.5, 0.6) is 17.2 Å². The van der Waals surface area contributed by atoms with Gasteiger partial charge in [-0.3, -0.25) is 9.13 Å². The summed E-state index contributed by atoms with van der Waals surface area (Å²) < 4.78 is 14.8. The molecule has 6 heteroatoms. The molecule has 0 atom stereocenters. The molecule has 0 aliphatic rings. The van der Waals surface area contributed by atoms with E-state index in [2.05, 4.69) is 4.90 Å². The molecule has 0 N–H and O–H groups in total. The van der Waals surface area contributed by atoms with E-state index in [1.807, 2.05) is 93.8 Å². The fourth-order valence-corrected chi connectivity index (χ4v) is 3.31. The predicted molar refractivity (Wildman–Crippen MR) is 127 cm³/mol. The highest BCUT2D eigenvalue weighted by Gasteiger charge is 2.08. The van der Waals surface area contributed by atoms with Crippen LogP contribution in [-0.2, 0) is 0 Å². The normalized spacial score (nSPS) is 11.0.